The predicted molar refractivity (Wildman–Crippen MR) is 110 cm³/mol. The van der Waals surface area contributed by atoms with Crippen LogP contribution < -0.4 is 15.8 Å². The summed E-state index contributed by atoms with van der Waals surface area (Å²) in [5, 5.41) is 2.87. The monoisotopic (exact) mass is 378 g/mol. The summed E-state index contributed by atoms with van der Waals surface area (Å²) in [6, 6.07) is 13.1. The maximum Gasteiger partial charge on any atom is 0.250 e. The first-order valence-corrected chi connectivity index (χ1v) is 9.33. The molecule has 0 saturated heterocycles. The fraction of sp³-hybridized carbons (Fsp3) is 0.304. The molecule has 2 aromatic carbocycles. The minimum Gasteiger partial charge on any atom is -0.494 e. The van der Waals surface area contributed by atoms with Crippen LogP contribution in [-0.2, 0) is 11.2 Å². The number of ether oxygens (including phenoxy) is 1. The number of primary amides is 1. The Labute approximate surface area is 166 Å². The Morgan fingerprint density at radius 3 is 2.46 bits per heavy atom. The Kier molecular flexibility index (Phi) is 7.65. The maximum absolute atomic E-state index is 11.8. The van der Waals surface area contributed by atoms with Gasteiger partial charge in [0, 0.05) is 24.1 Å². The van der Waals surface area contributed by atoms with Crippen LogP contribution in [0.25, 0.3) is 0 Å². The molecule has 0 aromatic heterocycles. The van der Waals surface area contributed by atoms with Gasteiger partial charge in [-0.2, -0.15) is 0 Å². The third-order valence-corrected chi connectivity index (χ3v) is 4.02. The Hall–Kier alpha value is -3.26. The lowest BCUT2D eigenvalue weighted by Crippen LogP contribution is -2.31. The highest BCUT2D eigenvalue weighted by Gasteiger charge is 2.09. The van der Waals surface area contributed by atoms with Crippen molar-refractivity contribution >= 4 is 11.8 Å². The van der Waals surface area contributed by atoms with Crippen LogP contribution in [0, 0.1) is 11.8 Å². The normalized spacial score (nSPS) is 11.1. The molecule has 1 unspecified atom stereocenters. The van der Waals surface area contributed by atoms with Crippen LogP contribution in [0.3, 0.4) is 0 Å². The second kappa shape index (κ2) is 10.2. The molecule has 0 spiro atoms. The van der Waals surface area contributed by atoms with Crippen LogP contribution in [0.5, 0.6) is 5.75 Å². The van der Waals surface area contributed by atoms with Gasteiger partial charge in [0.05, 0.1) is 12.2 Å². The number of rotatable bonds is 7. The Morgan fingerprint density at radius 2 is 1.86 bits per heavy atom. The van der Waals surface area contributed by atoms with Crippen LogP contribution in [0.1, 0.15) is 54.2 Å². The van der Waals surface area contributed by atoms with Gasteiger partial charge >= 0.3 is 0 Å². The zero-order chi connectivity index (χ0) is 20.5. The van der Waals surface area contributed by atoms with E-state index in [-0.39, 0.29) is 11.9 Å². The molecule has 3 N–H and O–H groups in total. The van der Waals surface area contributed by atoms with Crippen LogP contribution >= 0.6 is 0 Å². The van der Waals surface area contributed by atoms with Crippen molar-refractivity contribution in [1.82, 2.24) is 5.32 Å². The summed E-state index contributed by atoms with van der Waals surface area (Å²) < 4.78 is 5.55. The van der Waals surface area contributed by atoms with E-state index in [2.05, 4.69) is 17.2 Å². The van der Waals surface area contributed by atoms with E-state index in [1.165, 1.54) is 6.92 Å². The molecule has 2 rings (SSSR count). The molecule has 0 saturated carbocycles. The topological polar surface area (TPSA) is 81.4 Å². The average Bonchev–Trinajstić information content (AvgIpc) is 2.65. The predicted octanol–water partition coefficient (Wildman–Crippen LogP) is 3.04. The van der Waals surface area contributed by atoms with Crippen molar-refractivity contribution in [1.29, 1.82) is 0 Å². The number of nitrogens with two attached hydrogens (primary N) is 1. The molecule has 0 heterocycles. The molecule has 0 radical (unpaired) electrons. The molecule has 0 bridgehead atoms. The smallest absolute Gasteiger partial charge is 0.250 e. The number of amides is 2. The van der Waals surface area contributed by atoms with Crippen molar-refractivity contribution in [2.45, 2.75) is 39.7 Å². The second-order valence-electron chi connectivity index (χ2n) is 6.67. The van der Waals surface area contributed by atoms with Crippen LogP contribution in [-0.4, -0.2) is 24.5 Å². The van der Waals surface area contributed by atoms with Gasteiger partial charge in [0.15, 0.2) is 0 Å². The second-order valence-corrected chi connectivity index (χ2v) is 6.67. The maximum atomic E-state index is 11.8. The number of hydrogen-bond acceptors (Lipinski definition) is 3. The summed E-state index contributed by atoms with van der Waals surface area (Å²) in [6.07, 6.45) is 1.63. The summed E-state index contributed by atoms with van der Waals surface area (Å²) in [5.41, 5.74) is 8.35. The molecular weight excluding hydrogens is 352 g/mol. The Bertz CT molecular complexity index is 892. The fourth-order valence-electron chi connectivity index (χ4n) is 2.76. The molecule has 5 nitrogen and oxygen atoms in total. The van der Waals surface area contributed by atoms with Crippen LogP contribution in [0.15, 0.2) is 42.5 Å². The average molecular weight is 378 g/mol. The van der Waals surface area contributed by atoms with Gasteiger partial charge in [-0.1, -0.05) is 30.9 Å². The minimum absolute atomic E-state index is 0.0358. The number of carbonyl (C=O) groups excluding carboxylic acids is 2. The van der Waals surface area contributed by atoms with Gasteiger partial charge in [0.2, 0.25) is 11.8 Å². The highest BCUT2D eigenvalue weighted by Crippen LogP contribution is 2.18. The summed E-state index contributed by atoms with van der Waals surface area (Å²) >= 11 is 0. The van der Waals surface area contributed by atoms with Crippen molar-refractivity contribution in [2.24, 2.45) is 5.73 Å². The molecule has 0 aliphatic rings. The van der Waals surface area contributed by atoms with Crippen LogP contribution in [0.4, 0.5) is 0 Å². The Morgan fingerprint density at radius 1 is 1.14 bits per heavy atom. The zero-order valence-electron chi connectivity index (χ0n) is 16.5. The van der Waals surface area contributed by atoms with Gasteiger partial charge in [-0.3, -0.25) is 9.59 Å². The first kappa shape index (κ1) is 21.0. The molecule has 0 fully saturated rings. The zero-order valence-corrected chi connectivity index (χ0v) is 16.5. The highest BCUT2D eigenvalue weighted by atomic mass is 16.5. The minimum atomic E-state index is -0.534. The van der Waals surface area contributed by atoms with Crippen molar-refractivity contribution < 1.29 is 14.3 Å². The number of benzene rings is 2. The SMILES string of the molecule is CCCOc1ccc(C#Cc2ccc(CC(C)NC(C)=O)cc2)c(C(N)=O)c1. The van der Waals surface area contributed by atoms with E-state index in [0.29, 0.717) is 23.5 Å². The highest BCUT2D eigenvalue weighted by molar-refractivity contribution is 5.96. The van der Waals surface area contributed by atoms with Gasteiger partial charge in [0.25, 0.3) is 0 Å². The number of nitrogens with one attached hydrogen (secondary N) is 1. The van der Waals surface area contributed by atoms with Crippen molar-refractivity contribution in [3.8, 4) is 17.6 Å². The molecule has 1 atom stereocenters. The summed E-state index contributed by atoms with van der Waals surface area (Å²) in [4.78, 5) is 22.8. The molecule has 0 aliphatic heterocycles. The molecule has 5 heteroatoms. The van der Waals surface area contributed by atoms with E-state index >= 15 is 0 Å². The van der Waals surface area contributed by atoms with Crippen molar-refractivity contribution in [2.75, 3.05) is 6.61 Å². The van der Waals surface area contributed by atoms with E-state index in [0.717, 1.165) is 24.0 Å². The van der Waals surface area contributed by atoms with E-state index in [9.17, 15) is 9.59 Å². The lowest BCUT2D eigenvalue weighted by molar-refractivity contribution is -0.119. The van der Waals surface area contributed by atoms with Gasteiger partial charge in [0.1, 0.15) is 5.75 Å². The molecule has 28 heavy (non-hydrogen) atoms. The first-order valence-electron chi connectivity index (χ1n) is 9.33. The molecule has 146 valence electrons. The number of carbonyl (C=O) groups is 2. The lowest BCUT2D eigenvalue weighted by atomic mass is 10.0. The van der Waals surface area contributed by atoms with E-state index in [1.54, 1.807) is 18.2 Å². The van der Waals surface area contributed by atoms with Crippen molar-refractivity contribution in [3.63, 3.8) is 0 Å². The number of hydrogen-bond donors (Lipinski definition) is 2. The lowest BCUT2D eigenvalue weighted by Gasteiger charge is -2.12. The third-order valence-electron chi connectivity index (χ3n) is 4.02. The Balaban J connectivity index is 2.14. The van der Waals surface area contributed by atoms with Gasteiger partial charge in [-0.05, 0) is 55.7 Å². The first-order chi connectivity index (χ1) is 13.4. The third kappa shape index (κ3) is 6.48. The largest absolute Gasteiger partial charge is 0.494 e. The molecule has 2 aromatic rings. The standard InChI is InChI=1S/C23H26N2O3/c1-4-13-28-21-12-11-20(22(15-21)23(24)27)10-9-18-5-7-19(8-6-18)14-16(2)25-17(3)26/h5-8,11-12,15-16H,4,13-14H2,1-3H3,(H2,24,27)(H,25,26). The molecule has 2 amide bonds. The summed E-state index contributed by atoms with van der Waals surface area (Å²) in [7, 11) is 0. The van der Waals surface area contributed by atoms with Crippen molar-refractivity contribution in [3.05, 3.63) is 64.7 Å². The quantitative estimate of drug-likeness (QED) is 0.727. The fourth-order valence-corrected chi connectivity index (χ4v) is 2.76. The van der Waals surface area contributed by atoms with E-state index in [1.807, 2.05) is 38.1 Å². The van der Waals surface area contributed by atoms with E-state index in [4.69, 9.17) is 10.5 Å². The van der Waals surface area contributed by atoms with Gasteiger partial charge in [-0.25, -0.2) is 0 Å². The van der Waals surface area contributed by atoms with Gasteiger partial charge < -0.3 is 15.8 Å². The van der Waals surface area contributed by atoms with Crippen LogP contribution in [0.2, 0.25) is 0 Å². The van der Waals surface area contributed by atoms with E-state index < -0.39 is 5.91 Å². The van der Waals surface area contributed by atoms with Gasteiger partial charge in [-0.15, -0.1) is 0 Å². The summed E-state index contributed by atoms with van der Waals surface area (Å²) in [6.45, 7) is 6.07. The summed E-state index contributed by atoms with van der Waals surface area (Å²) in [5.74, 6) is 6.12. The molecular formula is C23H26N2O3. The molecule has 0 aliphatic carbocycles.